The second-order valence-electron chi connectivity index (χ2n) is 9.07. The number of rotatable bonds is 9. The average Bonchev–Trinajstić information content (AvgIpc) is 3.21. The molecule has 3 aromatic rings. The quantitative estimate of drug-likeness (QED) is 0.391. The third kappa shape index (κ3) is 5.68. The fraction of sp³-hybridized carbons (Fsp3) is 0.429. The predicted octanol–water partition coefficient (Wildman–Crippen LogP) is 5.53. The summed E-state index contributed by atoms with van der Waals surface area (Å²) in [5, 5.41) is 5.10. The largest absolute Gasteiger partial charge is 0.497 e. The lowest BCUT2D eigenvalue weighted by molar-refractivity contribution is -0.146. The Morgan fingerprint density at radius 3 is 2.38 bits per heavy atom. The van der Waals surface area contributed by atoms with E-state index in [1.165, 1.54) is 12.8 Å². The van der Waals surface area contributed by atoms with Crippen molar-refractivity contribution in [3.05, 3.63) is 60.3 Å². The number of nitrogens with zero attached hydrogens (tertiary/aromatic N) is 2. The number of carbonyl (C=O) groups excluding carboxylic acids is 1. The van der Waals surface area contributed by atoms with Crippen LogP contribution >= 0.6 is 0 Å². The first kappa shape index (κ1) is 24.0. The lowest BCUT2D eigenvalue weighted by Gasteiger charge is -2.28. The van der Waals surface area contributed by atoms with E-state index in [1.54, 1.807) is 7.11 Å². The Morgan fingerprint density at radius 2 is 1.68 bits per heavy atom. The molecule has 1 aliphatic rings. The van der Waals surface area contributed by atoms with Gasteiger partial charge in [0.1, 0.15) is 18.1 Å². The molecule has 1 aromatic heterocycles. The third-order valence-corrected chi connectivity index (χ3v) is 6.81. The van der Waals surface area contributed by atoms with Gasteiger partial charge in [0.15, 0.2) is 0 Å². The van der Waals surface area contributed by atoms with Gasteiger partial charge < -0.3 is 14.2 Å². The molecule has 0 aliphatic heterocycles. The van der Waals surface area contributed by atoms with Gasteiger partial charge in [-0.05, 0) is 62.1 Å². The summed E-state index contributed by atoms with van der Waals surface area (Å²) in [6, 6.07) is 18.6. The minimum atomic E-state index is -0.316. The monoisotopic (exact) mass is 462 g/mol. The number of hydrogen-bond donors (Lipinski definition) is 0. The predicted molar refractivity (Wildman–Crippen MR) is 133 cm³/mol. The molecule has 0 bridgehead atoms. The molecular weight excluding hydrogens is 428 g/mol. The minimum Gasteiger partial charge on any atom is -0.497 e. The van der Waals surface area contributed by atoms with Crippen molar-refractivity contribution in [2.45, 2.75) is 39.2 Å². The van der Waals surface area contributed by atoms with Crippen LogP contribution in [-0.4, -0.2) is 43.2 Å². The van der Waals surface area contributed by atoms with Crippen LogP contribution in [0.2, 0.25) is 0 Å². The highest BCUT2D eigenvalue weighted by molar-refractivity contribution is 5.83. The molecule has 0 unspecified atom stereocenters. The molecule has 2 aromatic carbocycles. The minimum absolute atomic E-state index is 0.0399. The van der Waals surface area contributed by atoms with Crippen molar-refractivity contribution in [1.82, 2.24) is 9.78 Å². The van der Waals surface area contributed by atoms with Gasteiger partial charge in [-0.1, -0.05) is 42.5 Å². The van der Waals surface area contributed by atoms with Gasteiger partial charge in [-0.2, -0.15) is 5.10 Å². The van der Waals surface area contributed by atoms with Crippen LogP contribution in [0.5, 0.6) is 5.75 Å². The van der Waals surface area contributed by atoms with Crippen molar-refractivity contribution < 1.29 is 19.0 Å². The van der Waals surface area contributed by atoms with Gasteiger partial charge in [0.2, 0.25) is 0 Å². The lowest BCUT2D eigenvalue weighted by atomic mass is 9.82. The second-order valence-corrected chi connectivity index (χ2v) is 9.07. The fourth-order valence-electron chi connectivity index (χ4n) is 4.84. The zero-order valence-corrected chi connectivity index (χ0v) is 20.3. The third-order valence-electron chi connectivity index (χ3n) is 6.81. The van der Waals surface area contributed by atoms with E-state index in [9.17, 15) is 4.79 Å². The van der Waals surface area contributed by atoms with Gasteiger partial charge >= 0.3 is 5.97 Å². The number of esters is 1. The number of benzene rings is 2. The van der Waals surface area contributed by atoms with Crippen LogP contribution in [0.3, 0.4) is 0 Å². The molecule has 1 fully saturated rings. The summed E-state index contributed by atoms with van der Waals surface area (Å²) in [5.74, 6) is 1.62. The molecule has 0 atom stereocenters. The molecule has 6 heteroatoms. The van der Waals surface area contributed by atoms with E-state index in [0.29, 0.717) is 18.4 Å². The van der Waals surface area contributed by atoms with Crippen LogP contribution < -0.4 is 4.74 Å². The molecule has 0 saturated heterocycles. The highest BCUT2D eigenvalue weighted by Gasteiger charge is 2.25. The van der Waals surface area contributed by atoms with Crippen LogP contribution in [0, 0.1) is 18.8 Å². The summed E-state index contributed by atoms with van der Waals surface area (Å²) in [6.07, 6.45) is 4.50. The summed E-state index contributed by atoms with van der Waals surface area (Å²) < 4.78 is 17.8. The van der Waals surface area contributed by atoms with Gasteiger partial charge in [0.25, 0.3) is 0 Å². The summed E-state index contributed by atoms with van der Waals surface area (Å²) in [6.45, 7) is 3.74. The van der Waals surface area contributed by atoms with E-state index in [1.807, 2.05) is 18.2 Å². The molecule has 180 valence electrons. The first-order chi connectivity index (χ1) is 16.6. The Bertz CT molecular complexity index is 1090. The summed E-state index contributed by atoms with van der Waals surface area (Å²) in [4.78, 5) is 11.2. The Morgan fingerprint density at radius 1 is 0.971 bits per heavy atom. The van der Waals surface area contributed by atoms with Crippen molar-refractivity contribution in [3.8, 4) is 28.1 Å². The number of ether oxygens (including phenoxy) is 3. The summed E-state index contributed by atoms with van der Waals surface area (Å²) in [7, 11) is 3.08. The van der Waals surface area contributed by atoms with Gasteiger partial charge in [-0.25, -0.2) is 4.79 Å². The number of hydrogen-bond acceptors (Lipinski definition) is 5. The van der Waals surface area contributed by atoms with Crippen molar-refractivity contribution in [3.63, 3.8) is 0 Å². The van der Waals surface area contributed by atoms with Gasteiger partial charge in [0, 0.05) is 23.4 Å². The normalized spacial score (nSPS) is 18.0. The van der Waals surface area contributed by atoms with Crippen LogP contribution in [0.1, 0.15) is 31.4 Å². The summed E-state index contributed by atoms with van der Waals surface area (Å²) >= 11 is 0. The van der Waals surface area contributed by atoms with Crippen LogP contribution in [0.25, 0.3) is 22.4 Å². The number of methoxy groups -OCH3 is 2. The standard InChI is InChI=1S/C28H34N2O4/c1-20-27(24-10-7-11-25(16-24)32-2)28(23-8-5-4-6-9-23)29-30(20)17-21-12-14-22(15-13-21)18-34-19-26(31)33-3/h4-11,16,21-22H,12-15,17-19H2,1-3H3/t21-,22-. The maximum atomic E-state index is 11.2. The topological polar surface area (TPSA) is 62.6 Å². The SMILES string of the molecule is COC(=O)COC[C@H]1CC[C@H](Cn2nc(-c3ccccc3)c(-c3cccc(OC)c3)c2C)CC1. The molecular formula is C28H34N2O4. The van der Waals surface area contributed by atoms with Crippen molar-refractivity contribution >= 4 is 5.97 Å². The number of carbonyl (C=O) groups is 1. The first-order valence-electron chi connectivity index (χ1n) is 12.0. The molecule has 6 nitrogen and oxygen atoms in total. The smallest absolute Gasteiger partial charge is 0.331 e. The Hall–Kier alpha value is -3.12. The van der Waals surface area contributed by atoms with Gasteiger partial charge in [0.05, 0.1) is 20.8 Å². The number of aromatic nitrogens is 2. The average molecular weight is 463 g/mol. The van der Waals surface area contributed by atoms with E-state index in [2.05, 4.69) is 52.7 Å². The maximum absolute atomic E-state index is 11.2. The van der Waals surface area contributed by atoms with E-state index >= 15 is 0 Å². The molecule has 1 saturated carbocycles. The summed E-state index contributed by atoms with van der Waals surface area (Å²) in [5.41, 5.74) is 5.59. The Kier molecular flexibility index (Phi) is 8.01. The first-order valence-corrected chi connectivity index (χ1v) is 12.0. The highest BCUT2D eigenvalue weighted by Crippen LogP contribution is 2.37. The van der Waals surface area contributed by atoms with Crippen molar-refractivity contribution in [1.29, 1.82) is 0 Å². The van der Waals surface area contributed by atoms with Crippen LogP contribution in [-0.2, 0) is 20.8 Å². The van der Waals surface area contributed by atoms with E-state index in [0.717, 1.165) is 60.4 Å². The van der Waals surface area contributed by atoms with Crippen LogP contribution in [0.4, 0.5) is 0 Å². The molecule has 34 heavy (non-hydrogen) atoms. The van der Waals surface area contributed by atoms with E-state index in [4.69, 9.17) is 14.6 Å². The molecule has 0 amide bonds. The zero-order chi connectivity index (χ0) is 23.9. The second kappa shape index (κ2) is 11.3. The molecule has 0 radical (unpaired) electrons. The van der Waals surface area contributed by atoms with E-state index in [-0.39, 0.29) is 12.6 Å². The Labute approximate surface area is 201 Å². The zero-order valence-electron chi connectivity index (χ0n) is 20.3. The molecule has 0 spiro atoms. The fourth-order valence-corrected chi connectivity index (χ4v) is 4.84. The lowest BCUT2D eigenvalue weighted by Crippen LogP contribution is -2.23. The van der Waals surface area contributed by atoms with Gasteiger partial charge in [-0.3, -0.25) is 4.68 Å². The molecule has 1 heterocycles. The highest BCUT2D eigenvalue weighted by atomic mass is 16.6. The van der Waals surface area contributed by atoms with Crippen molar-refractivity contribution in [2.75, 3.05) is 27.4 Å². The van der Waals surface area contributed by atoms with Crippen molar-refractivity contribution in [2.24, 2.45) is 11.8 Å². The molecule has 1 aliphatic carbocycles. The van der Waals surface area contributed by atoms with E-state index < -0.39 is 0 Å². The molecule has 0 N–H and O–H groups in total. The van der Waals surface area contributed by atoms with Crippen LogP contribution in [0.15, 0.2) is 54.6 Å². The van der Waals surface area contributed by atoms with Gasteiger partial charge in [-0.15, -0.1) is 0 Å². The Balaban J connectivity index is 1.50. The molecule has 4 rings (SSSR count). The maximum Gasteiger partial charge on any atom is 0.331 e.